The van der Waals surface area contributed by atoms with E-state index in [0.29, 0.717) is 0 Å². The van der Waals surface area contributed by atoms with Crippen molar-refractivity contribution in [2.45, 2.75) is 32.9 Å². The molecule has 2 N–H and O–H groups in total. The molecule has 0 aliphatic rings. The highest BCUT2D eigenvalue weighted by Crippen LogP contribution is 2.23. The lowest BCUT2D eigenvalue weighted by Gasteiger charge is -2.12. The van der Waals surface area contributed by atoms with Crippen molar-refractivity contribution >= 4 is 11.3 Å². The number of hydrogen-bond acceptors (Lipinski definition) is 4. The van der Waals surface area contributed by atoms with E-state index in [1.807, 2.05) is 50.4 Å². The van der Waals surface area contributed by atoms with Crippen LogP contribution in [-0.4, -0.2) is 11.1 Å². The molecule has 0 aliphatic carbocycles. The van der Waals surface area contributed by atoms with Gasteiger partial charge in [-0.05, 0) is 38.5 Å². The molecule has 0 saturated carbocycles. The lowest BCUT2D eigenvalue weighted by molar-refractivity contribution is 0.242. The van der Waals surface area contributed by atoms with Gasteiger partial charge >= 0.3 is 0 Å². The Morgan fingerprint density at radius 3 is 2.39 bits per heavy atom. The van der Waals surface area contributed by atoms with Crippen LogP contribution in [0.2, 0.25) is 0 Å². The number of aryl methyl sites for hydroxylation is 1. The second-order valence-electron chi connectivity index (χ2n) is 4.50. The molecular weight excluding hydrogens is 244 g/mol. The van der Waals surface area contributed by atoms with E-state index in [-0.39, 0.29) is 12.1 Å². The first-order valence-corrected chi connectivity index (χ1v) is 6.88. The zero-order valence-electron chi connectivity index (χ0n) is 10.9. The highest BCUT2D eigenvalue weighted by molar-refractivity contribution is 7.09. The molecule has 0 aliphatic heterocycles. The molecule has 1 unspecified atom stereocenters. The summed E-state index contributed by atoms with van der Waals surface area (Å²) in [7, 11) is 0. The molecule has 4 heteroatoms. The summed E-state index contributed by atoms with van der Waals surface area (Å²) in [6, 6.07) is 7.74. The second kappa shape index (κ2) is 5.50. The SMILES string of the molecule is Cc1nc(C(N)c2ccc(OC(C)C)cc2)cs1. The molecular formula is C14H18N2OS. The summed E-state index contributed by atoms with van der Waals surface area (Å²) in [6.07, 6.45) is 0.186. The first-order chi connectivity index (χ1) is 8.56. The Labute approximate surface area is 112 Å². The minimum Gasteiger partial charge on any atom is -0.491 e. The molecule has 2 aromatic rings. The van der Waals surface area contributed by atoms with Crippen LogP contribution in [0.25, 0.3) is 0 Å². The van der Waals surface area contributed by atoms with Crippen molar-refractivity contribution in [2.75, 3.05) is 0 Å². The van der Waals surface area contributed by atoms with Gasteiger partial charge in [-0.3, -0.25) is 0 Å². The Balaban J connectivity index is 2.14. The van der Waals surface area contributed by atoms with Gasteiger partial charge in [-0.2, -0.15) is 0 Å². The molecule has 0 amide bonds. The number of nitrogens with zero attached hydrogens (tertiary/aromatic N) is 1. The lowest BCUT2D eigenvalue weighted by Crippen LogP contribution is -2.12. The fourth-order valence-corrected chi connectivity index (χ4v) is 2.37. The Hall–Kier alpha value is -1.39. The van der Waals surface area contributed by atoms with Crippen LogP contribution in [0.1, 0.15) is 36.2 Å². The Morgan fingerprint density at radius 1 is 1.22 bits per heavy atom. The number of thiazole rings is 1. The van der Waals surface area contributed by atoms with Crippen LogP contribution in [0, 0.1) is 6.92 Å². The van der Waals surface area contributed by atoms with Crippen molar-refractivity contribution in [3.8, 4) is 5.75 Å². The average molecular weight is 262 g/mol. The van der Waals surface area contributed by atoms with Gasteiger partial charge in [0, 0.05) is 5.38 Å². The van der Waals surface area contributed by atoms with Crippen LogP contribution < -0.4 is 10.5 Å². The largest absolute Gasteiger partial charge is 0.491 e. The summed E-state index contributed by atoms with van der Waals surface area (Å²) in [4.78, 5) is 4.42. The van der Waals surface area contributed by atoms with Crippen LogP contribution in [0.4, 0.5) is 0 Å². The molecule has 1 aromatic carbocycles. The number of nitrogens with two attached hydrogens (primary N) is 1. The topological polar surface area (TPSA) is 48.1 Å². The number of ether oxygens (including phenoxy) is 1. The van der Waals surface area contributed by atoms with Crippen molar-refractivity contribution in [3.63, 3.8) is 0 Å². The Kier molecular flexibility index (Phi) is 3.99. The molecule has 3 nitrogen and oxygen atoms in total. The maximum atomic E-state index is 6.18. The summed E-state index contributed by atoms with van der Waals surface area (Å²) >= 11 is 1.62. The molecule has 2 rings (SSSR count). The van der Waals surface area contributed by atoms with Crippen molar-refractivity contribution < 1.29 is 4.74 Å². The second-order valence-corrected chi connectivity index (χ2v) is 5.57. The lowest BCUT2D eigenvalue weighted by atomic mass is 10.1. The smallest absolute Gasteiger partial charge is 0.119 e. The Morgan fingerprint density at radius 2 is 1.89 bits per heavy atom. The fourth-order valence-electron chi connectivity index (χ4n) is 1.72. The molecule has 0 saturated heterocycles. The number of aromatic nitrogens is 1. The maximum Gasteiger partial charge on any atom is 0.119 e. The van der Waals surface area contributed by atoms with Gasteiger partial charge in [0.05, 0.1) is 22.8 Å². The molecule has 18 heavy (non-hydrogen) atoms. The van der Waals surface area contributed by atoms with Crippen LogP contribution in [-0.2, 0) is 0 Å². The third-order valence-electron chi connectivity index (χ3n) is 2.57. The van der Waals surface area contributed by atoms with Crippen molar-refractivity contribution in [3.05, 3.63) is 45.9 Å². The van der Waals surface area contributed by atoms with Gasteiger partial charge in [0.2, 0.25) is 0 Å². The zero-order chi connectivity index (χ0) is 13.1. The molecule has 1 atom stereocenters. The van der Waals surface area contributed by atoms with Gasteiger partial charge in [-0.25, -0.2) is 4.98 Å². The molecule has 0 radical (unpaired) electrons. The van der Waals surface area contributed by atoms with Crippen LogP contribution in [0.15, 0.2) is 29.6 Å². The van der Waals surface area contributed by atoms with E-state index in [2.05, 4.69) is 4.98 Å². The number of hydrogen-bond donors (Lipinski definition) is 1. The molecule has 0 fully saturated rings. The summed E-state index contributed by atoms with van der Waals surface area (Å²) in [5.41, 5.74) is 8.16. The van der Waals surface area contributed by atoms with Crippen LogP contribution in [0.5, 0.6) is 5.75 Å². The van der Waals surface area contributed by atoms with Crippen molar-refractivity contribution in [1.82, 2.24) is 4.98 Å². The first kappa shape index (κ1) is 13.1. The first-order valence-electron chi connectivity index (χ1n) is 6.00. The standard InChI is InChI=1S/C14H18N2OS/c1-9(2)17-12-6-4-11(5-7-12)14(15)13-8-18-10(3)16-13/h4-9,14H,15H2,1-3H3. The molecule has 96 valence electrons. The van der Waals surface area contributed by atoms with E-state index in [1.165, 1.54) is 0 Å². The summed E-state index contributed by atoms with van der Waals surface area (Å²) in [5, 5.41) is 3.05. The number of benzene rings is 1. The average Bonchev–Trinajstić information content (AvgIpc) is 2.75. The van der Waals surface area contributed by atoms with Crippen molar-refractivity contribution in [2.24, 2.45) is 5.73 Å². The van der Waals surface area contributed by atoms with E-state index in [9.17, 15) is 0 Å². The van der Waals surface area contributed by atoms with Gasteiger partial charge in [-0.1, -0.05) is 12.1 Å². The maximum absolute atomic E-state index is 6.18. The van der Waals surface area contributed by atoms with Crippen molar-refractivity contribution in [1.29, 1.82) is 0 Å². The third kappa shape index (κ3) is 3.09. The van der Waals surface area contributed by atoms with E-state index >= 15 is 0 Å². The Bertz CT molecular complexity index is 505. The summed E-state index contributed by atoms with van der Waals surface area (Å²) in [5.74, 6) is 0.871. The van der Waals surface area contributed by atoms with Gasteiger partial charge < -0.3 is 10.5 Å². The van der Waals surface area contributed by atoms with Gasteiger partial charge in [0.1, 0.15) is 5.75 Å². The van der Waals surface area contributed by atoms with E-state index in [0.717, 1.165) is 22.0 Å². The van der Waals surface area contributed by atoms with E-state index in [1.54, 1.807) is 11.3 Å². The molecule has 1 aromatic heterocycles. The monoisotopic (exact) mass is 262 g/mol. The van der Waals surface area contributed by atoms with E-state index in [4.69, 9.17) is 10.5 Å². The van der Waals surface area contributed by atoms with Gasteiger partial charge in [-0.15, -0.1) is 11.3 Å². The summed E-state index contributed by atoms with van der Waals surface area (Å²) < 4.78 is 5.60. The predicted molar refractivity (Wildman–Crippen MR) is 75.1 cm³/mol. The summed E-state index contributed by atoms with van der Waals surface area (Å²) in [6.45, 7) is 6.01. The van der Waals surface area contributed by atoms with Gasteiger partial charge in [0.15, 0.2) is 0 Å². The number of rotatable bonds is 4. The van der Waals surface area contributed by atoms with Crippen LogP contribution in [0.3, 0.4) is 0 Å². The molecule has 1 heterocycles. The minimum atomic E-state index is -0.164. The highest BCUT2D eigenvalue weighted by Gasteiger charge is 2.12. The molecule has 0 bridgehead atoms. The van der Waals surface area contributed by atoms with E-state index < -0.39 is 0 Å². The molecule has 0 spiro atoms. The quantitative estimate of drug-likeness (QED) is 0.919. The zero-order valence-corrected chi connectivity index (χ0v) is 11.7. The highest BCUT2D eigenvalue weighted by atomic mass is 32.1. The van der Waals surface area contributed by atoms with Crippen LogP contribution >= 0.6 is 11.3 Å². The van der Waals surface area contributed by atoms with Gasteiger partial charge in [0.25, 0.3) is 0 Å². The normalized spacial score (nSPS) is 12.7. The minimum absolute atomic E-state index is 0.164. The fraction of sp³-hybridized carbons (Fsp3) is 0.357. The predicted octanol–water partition coefficient (Wildman–Crippen LogP) is 3.29. The third-order valence-corrected chi connectivity index (χ3v) is 3.36.